The number of nitrogens with zero attached hydrogens (tertiary/aromatic N) is 2. The van der Waals surface area contributed by atoms with Gasteiger partial charge in [-0.25, -0.2) is 4.79 Å². The van der Waals surface area contributed by atoms with Gasteiger partial charge in [0.25, 0.3) is 5.91 Å². The first-order valence-electron chi connectivity index (χ1n) is 12.9. The highest BCUT2D eigenvalue weighted by Crippen LogP contribution is 2.49. The molecule has 7 heteroatoms. The number of ether oxygens (including phenoxy) is 1. The van der Waals surface area contributed by atoms with Crippen LogP contribution in [0.15, 0.2) is 48.5 Å². The fraction of sp³-hybridized carbons (Fsp3) is 0.448. The molecule has 2 aliphatic heterocycles. The number of imide groups is 1. The molecule has 2 N–H and O–H groups in total. The van der Waals surface area contributed by atoms with Crippen molar-refractivity contribution < 1.29 is 14.3 Å². The van der Waals surface area contributed by atoms with Gasteiger partial charge in [0.05, 0.1) is 6.61 Å². The fourth-order valence-corrected chi connectivity index (χ4v) is 5.63. The van der Waals surface area contributed by atoms with E-state index < -0.39 is 5.54 Å². The summed E-state index contributed by atoms with van der Waals surface area (Å²) in [5, 5.41) is 4.50. The lowest BCUT2D eigenvalue weighted by Gasteiger charge is -2.42. The van der Waals surface area contributed by atoms with Crippen LogP contribution in [-0.4, -0.2) is 57.5 Å². The summed E-state index contributed by atoms with van der Waals surface area (Å²) in [6.45, 7) is 11.9. The number of hydrogen-bond acceptors (Lipinski definition) is 4. The molecule has 1 aromatic heterocycles. The third kappa shape index (κ3) is 4.05. The number of H-pyrrole nitrogens is 1. The molecule has 0 bridgehead atoms. The molecule has 3 amide bonds. The number of amides is 3. The second-order valence-corrected chi connectivity index (χ2v) is 11.1. The lowest BCUT2D eigenvalue weighted by molar-refractivity contribution is -0.133. The molecular formula is C29H36N4O3. The van der Waals surface area contributed by atoms with Gasteiger partial charge in [0.15, 0.2) is 0 Å². The Balaban J connectivity index is 1.56. The van der Waals surface area contributed by atoms with Gasteiger partial charge in [0.2, 0.25) is 0 Å². The Morgan fingerprint density at radius 1 is 1.14 bits per heavy atom. The average molecular weight is 489 g/mol. The molecule has 0 spiro atoms. The van der Waals surface area contributed by atoms with Gasteiger partial charge in [-0.2, -0.15) is 0 Å². The standard InChI is InChI=1S/C29H36N4O3/c1-6-36-20-13-14-23-21(17-20)22-18-29(5)26(34)32(16-10-15-30-28(2,3)4)27(35)33(29)25(24(22)31-23)19-11-8-7-9-12-19/h7-9,11-14,17,25,30-31H,6,10,15-16,18H2,1-5H3/t25-,29+/m1/s1. The number of nitrogens with one attached hydrogen (secondary N) is 2. The molecule has 0 unspecified atom stereocenters. The molecule has 1 fully saturated rings. The van der Waals surface area contributed by atoms with Crippen LogP contribution in [-0.2, 0) is 11.2 Å². The van der Waals surface area contributed by atoms with Gasteiger partial charge in [-0.3, -0.25) is 14.6 Å². The fourth-order valence-electron chi connectivity index (χ4n) is 5.63. The van der Waals surface area contributed by atoms with E-state index in [-0.39, 0.29) is 23.5 Å². The molecule has 7 nitrogen and oxygen atoms in total. The highest BCUT2D eigenvalue weighted by Gasteiger charge is 2.59. The highest BCUT2D eigenvalue weighted by molar-refractivity contribution is 6.08. The largest absolute Gasteiger partial charge is 0.494 e. The van der Waals surface area contributed by atoms with Crippen LogP contribution in [0.1, 0.15) is 63.9 Å². The Morgan fingerprint density at radius 3 is 2.58 bits per heavy atom. The molecule has 0 saturated carbocycles. The van der Waals surface area contributed by atoms with Gasteiger partial charge in [0, 0.05) is 35.1 Å². The van der Waals surface area contributed by atoms with Crippen molar-refractivity contribution in [2.24, 2.45) is 0 Å². The summed E-state index contributed by atoms with van der Waals surface area (Å²) < 4.78 is 5.77. The van der Waals surface area contributed by atoms with Crippen LogP contribution in [0.3, 0.4) is 0 Å². The zero-order chi connectivity index (χ0) is 25.7. The van der Waals surface area contributed by atoms with Gasteiger partial charge in [0.1, 0.15) is 17.3 Å². The monoisotopic (exact) mass is 488 g/mol. The van der Waals surface area contributed by atoms with E-state index in [0.717, 1.165) is 40.0 Å². The Kier molecular flexibility index (Phi) is 6.07. The quantitative estimate of drug-likeness (QED) is 0.362. The number of carbonyl (C=O) groups excluding carboxylic acids is 2. The number of aromatic nitrogens is 1. The van der Waals surface area contributed by atoms with Crippen LogP contribution >= 0.6 is 0 Å². The number of benzene rings is 2. The molecule has 5 rings (SSSR count). The van der Waals surface area contributed by atoms with E-state index in [1.807, 2.05) is 67.3 Å². The van der Waals surface area contributed by atoms with E-state index in [0.29, 0.717) is 26.0 Å². The molecule has 0 radical (unpaired) electrons. The van der Waals surface area contributed by atoms with E-state index in [4.69, 9.17) is 4.74 Å². The molecule has 3 heterocycles. The number of urea groups is 1. The van der Waals surface area contributed by atoms with Crippen LogP contribution in [0.2, 0.25) is 0 Å². The van der Waals surface area contributed by atoms with Crippen LogP contribution in [0, 0.1) is 0 Å². The molecule has 0 aliphatic carbocycles. The SMILES string of the molecule is CCOc1ccc2[nH]c3c(c2c1)C[C@@]1(C)C(=O)N(CCCNC(C)(C)C)C(=O)N1[C@@H]3c1ccccc1. The van der Waals surface area contributed by atoms with Crippen LogP contribution in [0.25, 0.3) is 10.9 Å². The normalized spacial score (nSPS) is 21.8. The first kappa shape index (κ1) is 24.4. The van der Waals surface area contributed by atoms with Gasteiger partial charge in [-0.05, 0) is 76.9 Å². The van der Waals surface area contributed by atoms with E-state index in [2.05, 4.69) is 31.1 Å². The molecule has 2 atom stereocenters. The predicted molar refractivity (Wildman–Crippen MR) is 141 cm³/mol. The lowest BCUT2D eigenvalue weighted by Crippen LogP contribution is -2.53. The van der Waals surface area contributed by atoms with Crippen molar-refractivity contribution in [2.45, 2.75) is 64.6 Å². The van der Waals surface area contributed by atoms with Crippen LogP contribution < -0.4 is 10.1 Å². The highest BCUT2D eigenvalue weighted by atomic mass is 16.5. The minimum absolute atomic E-state index is 0.00890. The summed E-state index contributed by atoms with van der Waals surface area (Å²) >= 11 is 0. The van der Waals surface area contributed by atoms with Crippen molar-refractivity contribution in [3.05, 3.63) is 65.4 Å². The Morgan fingerprint density at radius 2 is 1.89 bits per heavy atom. The number of carbonyl (C=O) groups is 2. The third-order valence-electron chi connectivity index (χ3n) is 7.28. The van der Waals surface area contributed by atoms with Crippen molar-refractivity contribution in [3.63, 3.8) is 0 Å². The minimum Gasteiger partial charge on any atom is -0.494 e. The number of fused-ring (bicyclic) bond motifs is 4. The van der Waals surface area contributed by atoms with Gasteiger partial charge in [-0.15, -0.1) is 0 Å². The Hall–Kier alpha value is -3.32. The maximum absolute atomic E-state index is 13.9. The minimum atomic E-state index is -0.960. The Bertz CT molecular complexity index is 1290. The summed E-state index contributed by atoms with van der Waals surface area (Å²) in [5.41, 5.74) is 3.05. The van der Waals surface area contributed by atoms with E-state index >= 15 is 0 Å². The second kappa shape index (κ2) is 8.96. The molecule has 3 aromatic rings. The smallest absolute Gasteiger partial charge is 0.328 e. The molecule has 1 saturated heterocycles. The number of hydrogen-bond donors (Lipinski definition) is 2. The molecule has 2 aliphatic rings. The van der Waals surface area contributed by atoms with E-state index in [9.17, 15) is 9.59 Å². The zero-order valence-electron chi connectivity index (χ0n) is 21.9. The number of rotatable bonds is 7. The van der Waals surface area contributed by atoms with Crippen LogP contribution in [0.5, 0.6) is 5.75 Å². The average Bonchev–Trinajstić information content (AvgIpc) is 3.27. The second-order valence-electron chi connectivity index (χ2n) is 11.1. The Labute approximate surface area is 212 Å². The topological polar surface area (TPSA) is 77.7 Å². The van der Waals surface area contributed by atoms with Gasteiger partial charge >= 0.3 is 6.03 Å². The molecule has 190 valence electrons. The van der Waals surface area contributed by atoms with Crippen molar-refractivity contribution in [1.29, 1.82) is 0 Å². The van der Waals surface area contributed by atoms with Crippen molar-refractivity contribution in [3.8, 4) is 5.75 Å². The molecule has 2 aromatic carbocycles. The first-order chi connectivity index (χ1) is 17.1. The van der Waals surface area contributed by atoms with Crippen molar-refractivity contribution in [2.75, 3.05) is 19.7 Å². The maximum atomic E-state index is 13.9. The predicted octanol–water partition coefficient (Wildman–Crippen LogP) is 5.01. The van der Waals surface area contributed by atoms with Gasteiger partial charge in [-0.1, -0.05) is 30.3 Å². The molecule has 36 heavy (non-hydrogen) atoms. The maximum Gasteiger partial charge on any atom is 0.328 e. The lowest BCUT2D eigenvalue weighted by atomic mass is 9.81. The van der Waals surface area contributed by atoms with E-state index in [1.165, 1.54) is 4.90 Å². The summed E-state index contributed by atoms with van der Waals surface area (Å²) in [4.78, 5) is 34.6. The number of aromatic amines is 1. The summed E-state index contributed by atoms with van der Waals surface area (Å²) in [6.07, 6.45) is 1.17. The zero-order valence-corrected chi connectivity index (χ0v) is 21.9. The van der Waals surface area contributed by atoms with E-state index in [1.54, 1.807) is 0 Å². The first-order valence-corrected chi connectivity index (χ1v) is 12.9. The molecular weight excluding hydrogens is 452 g/mol. The van der Waals surface area contributed by atoms with Crippen molar-refractivity contribution >= 4 is 22.8 Å². The summed E-state index contributed by atoms with van der Waals surface area (Å²) in [5.74, 6) is 0.683. The third-order valence-corrected chi connectivity index (χ3v) is 7.28. The van der Waals surface area contributed by atoms with Crippen molar-refractivity contribution in [1.82, 2.24) is 20.1 Å². The summed E-state index contributed by atoms with van der Waals surface area (Å²) in [6, 6.07) is 15.4. The van der Waals surface area contributed by atoms with Gasteiger partial charge < -0.3 is 15.0 Å². The summed E-state index contributed by atoms with van der Waals surface area (Å²) in [7, 11) is 0. The van der Waals surface area contributed by atoms with Crippen LogP contribution in [0.4, 0.5) is 4.79 Å².